The molecule has 3 radical (unpaired) electrons. The molecule has 0 aromatic heterocycles. The van der Waals surface area contributed by atoms with Crippen molar-refractivity contribution in [2.24, 2.45) is 5.73 Å². The Morgan fingerprint density at radius 3 is 2.31 bits per heavy atom. The second-order valence-corrected chi connectivity index (χ2v) is 3.87. The van der Waals surface area contributed by atoms with Crippen LogP contribution in [0.3, 0.4) is 0 Å². The monoisotopic (exact) mass is 236 g/mol. The molecule has 1 aromatic rings. The molecule has 0 aliphatic rings. The summed E-state index contributed by atoms with van der Waals surface area (Å²) in [7, 11) is 3.52. The van der Waals surface area contributed by atoms with Crippen LogP contribution < -0.4 is 20.4 Å². The van der Waals surface area contributed by atoms with Crippen molar-refractivity contribution in [1.29, 1.82) is 0 Å². The molecule has 4 heteroatoms. The zero-order valence-corrected chi connectivity index (χ0v) is 10.9. The number of rotatable bonds is 6. The van der Waals surface area contributed by atoms with Gasteiger partial charge in [-0.05, 0) is 37.6 Å². The third-order valence-electron chi connectivity index (χ3n) is 2.18. The number of hydrogen-bond donors (Lipinski definition) is 1. The minimum Gasteiger partial charge on any atom is -0.490 e. The Morgan fingerprint density at radius 2 is 1.75 bits per heavy atom. The van der Waals surface area contributed by atoms with Crippen LogP contribution in [-0.4, -0.2) is 30.0 Å². The van der Waals surface area contributed by atoms with Crippen LogP contribution in [0.15, 0.2) is 12.1 Å². The van der Waals surface area contributed by atoms with E-state index in [9.17, 15) is 0 Å². The van der Waals surface area contributed by atoms with Crippen molar-refractivity contribution in [3.05, 3.63) is 17.7 Å². The quantitative estimate of drug-likeness (QED) is 0.742. The highest BCUT2D eigenvalue weighted by molar-refractivity contribution is 6.34. The van der Waals surface area contributed by atoms with E-state index >= 15 is 0 Å². The lowest BCUT2D eigenvalue weighted by molar-refractivity contribution is 0.287. The Morgan fingerprint density at radius 1 is 1.12 bits per heavy atom. The van der Waals surface area contributed by atoms with Gasteiger partial charge in [-0.1, -0.05) is 12.1 Å². The maximum atomic E-state index is 5.64. The average molecular weight is 236 g/mol. The predicted molar refractivity (Wildman–Crippen MR) is 66.9 cm³/mol. The Kier molecular flexibility index (Phi) is 5.35. The zero-order chi connectivity index (χ0) is 12.0. The smallest absolute Gasteiger partial charge is 0.164 e. The van der Waals surface area contributed by atoms with E-state index in [1.165, 1.54) is 0 Å². The molecule has 0 atom stereocenters. The van der Waals surface area contributed by atoms with Crippen LogP contribution in [0.4, 0.5) is 0 Å². The molecule has 87 valence electrons. The third kappa shape index (κ3) is 2.99. The summed E-state index contributed by atoms with van der Waals surface area (Å²) < 4.78 is 11.2. The standard InChI is InChI=1S/C12H18NO2Si/c1-3-14-11-9(7-8-13)5-6-10(16)12(11)15-4-2/h5-6H,3-4,7-8,13H2,1-2H3. The van der Waals surface area contributed by atoms with Crippen LogP contribution in [0.25, 0.3) is 0 Å². The van der Waals surface area contributed by atoms with Crippen molar-refractivity contribution in [2.75, 3.05) is 19.8 Å². The van der Waals surface area contributed by atoms with Crippen molar-refractivity contribution in [1.82, 2.24) is 0 Å². The lowest BCUT2D eigenvalue weighted by atomic mass is 10.1. The fraction of sp³-hybridized carbons (Fsp3) is 0.500. The van der Waals surface area contributed by atoms with E-state index in [4.69, 9.17) is 15.2 Å². The van der Waals surface area contributed by atoms with E-state index in [1.54, 1.807) is 0 Å². The van der Waals surface area contributed by atoms with Crippen LogP contribution in [0.1, 0.15) is 19.4 Å². The van der Waals surface area contributed by atoms with Gasteiger partial charge in [-0.2, -0.15) is 0 Å². The molecule has 16 heavy (non-hydrogen) atoms. The third-order valence-corrected chi connectivity index (χ3v) is 2.58. The Balaban J connectivity index is 3.14. The first-order chi connectivity index (χ1) is 7.74. The molecule has 0 saturated carbocycles. The average Bonchev–Trinajstić information content (AvgIpc) is 2.27. The van der Waals surface area contributed by atoms with E-state index in [1.807, 2.05) is 26.0 Å². The summed E-state index contributed by atoms with van der Waals surface area (Å²) in [5, 5.41) is 0.908. The molecule has 0 fully saturated rings. The second kappa shape index (κ2) is 6.55. The molecule has 0 unspecified atom stereocenters. The summed E-state index contributed by atoms with van der Waals surface area (Å²) >= 11 is 0. The molecular weight excluding hydrogens is 218 g/mol. The highest BCUT2D eigenvalue weighted by Gasteiger charge is 2.12. The number of hydrogen-bond acceptors (Lipinski definition) is 3. The maximum absolute atomic E-state index is 5.64. The van der Waals surface area contributed by atoms with E-state index in [0.29, 0.717) is 19.8 Å². The second-order valence-electron chi connectivity index (χ2n) is 3.34. The van der Waals surface area contributed by atoms with Crippen molar-refractivity contribution in [3.8, 4) is 11.5 Å². The molecular formula is C12H18NO2Si. The Hall–Kier alpha value is -1.00. The molecule has 0 bridgehead atoms. The molecule has 1 aromatic carbocycles. The van der Waals surface area contributed by atoms with Gasteiger partial charge in [-0.3, -0.25) is 0 Å². The Labute approximate surface area is 100 Å². The van der Waals surface area contributed by atoms with Gasteiger partial charge in [0.25, 0.3) is 0 Å². The first-order valence-electron chi connectivity index (χ1n) is 5.57. The van der Waals surface area contributed by atoms with Gasteiger partial charge in [0.05, 0.1) is 23.5 Å². The SMILES string of the molecule is CCOc1c([Si])ccc(CCN)c1OCC. The van der Waals surface area contributed by atoms with Gasteiger partial charge in [0.15, 0.2) is 11.5 Å². The summed E-state index contributed by atoms with van der Waals surface area (Å²) in [5.41, 5.74) is 6.67. The summed E-state index contributed by atoms with van der Waals surface area (Å²) in [6, 6.07) is 3.98. The zero-order valence-electron chi connectivity index (χ0n) is 9.88. The first-order valence-corrected chi connectivity index (χ1v) is 6.07. The highest BCUT2D eigenvalue weighted by Crippen LogP contribution is 2.29. The topological polar surface area (TPSA) is 44.5 Å². The van der Waals surface area contributed by atoms with Crippen LogP contribution in [0, 0.1) is 0 Å². The predicted octanol–water partition coefficient (Wildman–Crippen LogP) is 0.779. The van der Waals surface area contributed by atoms with E-state index in [0.717, 1.165) is 28.7 Å². The summed E-state index contributed by atoms with van der Waals surface area (Å²) in [6.45, 7) is 5.75. The first kappa shape index (κ1) is 13.1. The number of nitrogens with two attached hydrogens (primary N) is 1. The van der Waals surface area contributed by atoms with Gasteiger partial charge in [0.2, 0.25) is 0 Å². The fourth-order valence-electron chi connectivity index (χ4n) is 1.55. The van der Waals surface area contributed by atoms with Crippen LogP contribution >= 0.6 is 0 Å². The minimum atomic E-state index is 0.604. The molecule has 0 saturated heterocycles. The number of ether oxygens (including phenoxy) is 2. The van der Waals surface area contributed by atoms with Gasteiger partial charge < -0.3 is 15.2 Å². The molecule has 0 aliphatic heterocycles. The van der Waals surface area contributed by atoms with Crippen molar-refractivity contribution >= 4 is 15.4 Å². The van der Waals surface area contributed by atoms with Crippen LogP contribution in [0.2, 0.25) is 0 Å². The summed E-state index contributed by atoms with van der Waals surface area (Å²) in [5.74, 6) is 1.58. The van der Waals surface area contributed by atoms with Gasteiger partial charge in [-0.15, -0.1) is 0 Å². The van der Waals surface area contributed by atoms with Gasteiger partial charge >= 0.3 is 0 Å². The number of benzene rings is 1. The van der Waals surface area contributed by atoms with Crippen LogP contribution in [-0.2, 0) is 6.42 Å². The molecule has 0 spiro atoms. The van der Waals surface area contributed by atoms with Crippen molar-refractivity contribution in [3.63, 3.8) is 0 Å². The van der Waals surface area contributed by atoms with E-state index in [2.05, 4.69) is 10.2 Å². The van der Waals surface area contributed by atoms with Gasteiger partial charge in [0, 0.05) is 0 Å². The Bertz CT molecular complexity index is 342. The molecule has 3 nitrogen and oxygen atoms in total. The summed E-state index contributed by atoms with van der Waals surface area (Å²) in [4.78, 5) is 0. The van der Waals surface area contributed by atoms with Crippen molar-refractivity contribution in [2.45, 2.75) is 20.3 Å². The highest BCUT2D eigenvalue weighted by atomic mass is 28.1. The fourth-order valence-corrected chi connectivity index (χ4v) is 1.82. The lowest BCUT2D eigenvalue weighted by Gasteiger charge is -2.17. The summed E-state index contributed by atoms with van der Waals surface area (Å²) in [6.07, 6.45) is 0.794. The maximum Gasteiger partial charge on any atom is 0.164 e. The van der Waals surface area contributed by atoms with E-state index in [-0.39, 0.29) is 0 Å². The molecule has 0 amide bonds. The van der Waals surface area contributed by atoms with E-state index < -0.39 is 0 Å². The molecule has 1 rings (SSSR count). The normalized spacial score (nSPS) is 10.2. The van der Waals surface area contributed by atoms with Gasteiger partial charge in [-0.25, -0.2) is 0 Å². The largest absolute Gasteiger partial charge is 0.490 e. The lowest BCUT2D eigenvalue weighted by Crippen LogP contribution is -2.14. The van der Waals surface area contributed by atoms with Crippen LogP contribution in [0.5, 0.6) is 11.5 Å². The molecule has 0 heterocycles. The van der Waals surface area contributed by atoms with Gasteiger partial charge in [0.1, 0.15) is 0 Å². The van der Waals surface area contributed by atoms with Crippen molar-refractivity contribution < 1.29 is 9.47 Å². The molecule has 2 N–H and O–H groups in total. The molecule has 0 aliphatic carbocycles. The minimum absolute atomic E-state index is 0.604.